The van der Waals surface area contributed by atoms with Crippen LogP contribution in [-0.4, -0.2) is 50.1 Å². The number of hydrogen-bond acceptors (Lipinski definition) is 4. The van der Waals surface area contributed by atoms with Gasteiger partial charge in [-0.1, -0.05) is 0 Å². The van der Waals surface area contributed by atoms with Gasteiger partial charge in [0.25, 0.3) is 0 Å². The first-order valence-electron chi connectivity index (χ1n) is 6.57. The van der Waals surface area contributed by atoms with Gasteiger partial charge in [-0.05, 0) is 31.6 Å². The Morgan fingerprint density at radius 3 is 3.22 bits per heavy atom. The molecule has 5 heteroatoms. The van der Waals surface area contributed by atoms with E-state index in [1.165, 1.54) is 0 Å². The van der Waals surface area contributed by atoms with Crippen LogP contribution in [0.3, 0.4) is 0 Å². The molecule has 5 nitrogen and oxygen atoms in total. The average Bonchev–Trinajstić information content (AvgIpc) is 2.74. The van der Waals surface area contributed by atoms with Crippen LogP contribution in [0.1, 0.15) is 12.2 Å². The Balaban J connectivity index is 1.62. The molecule has 100 valence electrons. The Hall–Kier alpha value is -1.33. The summed E-state index contributed by atoms with van der Waals surface area (Å²) in [6, 6.07) is 3.79. The van der Waals surface area contributed by atoms with Crippen LogP contribution in [0.5, 0.6) is 0 Å². The number of furan rings is 1. The molecule has 0 aromatic carbocycles. The van der Waals surface area contributed by atoms with Gasteiger partial charge in [-0.15, -0.1) is 0 Å². The third-order valence-electron chi connectivity index (χ3n) is 3.07. The Morgan fingerprint density at radius 1 is 1.44 bits per heavy atom. The molecule has 1 aliphatic heterocycles. The van der Waals surface area contributed by atoms with E-state index >= 15 is 0 Å². The van der Waals surface area contributed by atoms with Crippen LogP contribution < -0.4 is 10.6 Å². The van der Waals surface area contributed by atoms with Crippen LogP contribution >= 0.6 is 0 Å². The molecule has 0 aliphatic carbocycles. The minimum absolute atomic E-state index is 0.100. The lowest BCUT2D eigenvalue weighted by atomic mass is 10.3. The van der Waals surface area contributed by atoms with Crippen LogP contribution in [-0.2, 0) is 11.2 Å². The van der Waals surface area contributed by atoms with Crippen molar-refractivity contribution in [3.63, 3.8) is 0 Å². The highest BCUT2D eigenvalue weighted by atomic mass is 16.3. The molecular formula is C13H21N3O2. The van der Waals surface area contributed by atoms with Crippen LogP contribution in [0, 0.1) is 0 Å². The van der Waals surface area contributed by atoms with Gasteiger partial charge in [0.1, 0.15) is 5.76 Å². The van der Waals surface area contributed by atoms with Crippen molar-refractivity contribution in [2.45, 2.75) is 12.8 Å². The van der Waals surface area contributed by atoms with Crippen molar-refractivity contribution < 1.29 is 9.21 Å². The number of nitrogens with zero attached hydrogens (tertiary/aromatic N) is 1. The standard InChI is InChI=1S/C13H21N3O2/c17-13(11-16-8-2-5-14-7-9-16)15-6-4-12-3-1-10-18-12/h1,3,10,14H,2,4-9,11H2,(H,15,17). The molecular weight excluding hydrogens is 230 g/mol. The molecule has 1 amide bonds. The zero-order valence-electron chi connectivity index (χ0n) is 10.7. The quantitative estimate of drug-likeness (QED) is 0.787. The van der Waals surface area contributed by atoms with Gasteiger partial charge in [0.15, 0.2) is 0 Å². The van der Waals surface area contributed by atoms with E-state index in [0.29, 0.717) is 13.1 Å². The molecule has 1 aromatic rings. The van der Waals surface area contributed by atoms with E-state index in [0.717, 1.165) is 44.8 Å². The maximum Gasteiger partial charge on any atom is 0.234 e. The van der Waals surface area contributed by atoms with Gasteiger partial charge in [-0.3, -0.25) is 9.69 Å². The van der Waals surface area contributed by atoms with Crippen molar-refractivity contribution >= 4 is 5.91 Å². The molecule has 1 fully saturated rings. The molecule has 0 atom stereocenters. The summed E-state index contributed by atoms with van der Waals surface area (Å²) >= 11 is 0. The van der Waals surface area contributed by atoms with Crippen molar-refractivity contribution in [1.82, 2.24) is 15.5 Å². The van der Waals surface area contributed by atoms with Crippen molar-refractivity contribution in [2.24, 2.45) is 0 Å². The highest BCUT2D eigenvalue weighted by Gasteiger charge is 2.12. The molecule has 1 saturated heterocycles. The highest BCUT2D eigenvalue weighted by Crippen LogP contribution is 1.99. The normalized spacial score (nSPS) is 17.3. The van der Waals surface area contributed by atoms with Crippen molar-refractivity contribution in [3.8, 4) is 0 Å². The zero-order chi connectivity index (χ0) is 12.6. The first-order valence-corrected chi connectivity index (χ1v) is 6.57. The summed E-state index contributed by atoms with van der Waals surface area (Å²) in [5.41, 5.74) is 0. The van der Waals surface area contributed by atoms with Crippen LogP contribution in [0.4, 0.5) is 0 Å². The summed E-state index contributed by atoms with van der Waals surface area (Å²) in [6.07, 6.45) is 3.52. The molecule has 0 radical (unpaired) electrons. The third-order valence-corrected chi connectivity index (χ3v) is 3.07. The molecule has 2 rings (SSSR count). The van der Waals surface area contributed by atoms with Crippen LogP contribution in [0.15, 0.2) is 22.8 Å². The fourth-order valence-electron chi connectivity index (χ4n) is 2.10. The van der Waals surface area contributed by atoms with Gasteiger partial charge in [0.05, 0.1) is 12.8 Å². The Morgan fingerprint density at radius 2 is 2.39 bits per heavy atom. The molecule has 1 aliphatic rings. The number of carbonyl (C=O) groups excluding carboxylic acids is 1. The lowest BCUT2D eigenvalue weighted by molar-refractivity contribution is -0.122. The molecule has 18 heavy (non-hydrogen) atoms. The number of rotatable bonds is 5. The van der Waals surface area contributed by atoms with Crippen molar-refractivity contribution in [2.75, 3.05) is 39.3 Å². The largest absolute Gasteiger partial charge is 0.469 e. The highest BCUT2D eigenvalue weighted by molar-refractivity contribution is 5.78. The fraction of sp³-hybridized carbons (Fsp3) is 0.615. The minimum Gasteiger partial charge on any atom is -0.469 e. The summed E-state index contributed by atoms with van der Waals surface area (Å²) in [4.78, 5) is 13.9. The van der Waals surface area contributed by atoms with Crippen molar-refractivity contribution in [3.05, 3.63) is 24.2 Å². The smallest absolute Gasteiger partial charge is 0.234 e. The molecule has 2 heterocycles. The minimum atomic E-state index is 0.100. The second-order valence-corrected chi connectivity index (χ2v) is 4.56. The SMILES string of the molecule is O=C(CN1CCCNCC1)NCCc1ccco1. The predicted octanol–water partition coefficient (Wildman–Crippen LogP) is 0.234. The Kier molecular flexibility index (Phi) is 5.23. The van der Waals surface area contributed by atoms with Gasteiger partial charge in [0.2, 0.25) is 5.91 Å². The summed E-state index contributed by atoms with van der Waals surface area (Å²) in [5.74, 6) is 1.01. The Bertz CT molecular complexity index is 343. The van der Waals surface area contributed by atoms with E-state index in [-0.39, 0.29) is 5.91 Å². The summed E-state index contributed by atoms with van der Waals surface area (Å²) in [6.45, 7) is 5.11. The van der Waals surface area contributed by atoms with Crippen molar-refractivity contribution in [1.29, 1.82) is 0 Å². The number of amides is 1. The molecule has 1 aromatic heterocycles. The summed E-state index contributed by atoms with van der Waals surface area (Å²) in [7, 11) is 0. The van der Waals surface area contributed by atoms with E-state index in [2.05, 4.69) is 15.5 Å². The molecule has 2 N–H and O–H groups in total. The van der Waals surface area contributed by atoms with Gasteiger partial charge >= 0.3 is 0 Å². The third kappa shape index (κ3) is 4.50. The molecule has 0 saturated carbocycles. The van der Waals surface area contributed by atoms with E-state index in [4.69, 9.17) is 4.42 Å². The van der Waals surface area contributed by atoms with Gasteiger partial charge in [-0.2, -0.15) is 0 Å². The monoisotopic (exact) mass is 251 g/mol. The summed E-state index contributed by atoms with van der Waals surface area (Å²) < 4.78 is 5.21. The van der Waals surface area contributed by atoms with E-state index in [1.54, 1.807) is 6.26 Å². The number of nitrogens with one attached hydrogen (secondary N) is 2. The van der Waals surface area contributed by atoms with Gasteiger partial charge < -0.3 is 15.1 Å². The van der Waals surface area contributed by atoms with E-state index < -0.39 is 0 Å². The van der Waals surface area contributed by atoms with Gasteiger partial charge in [-0.25, -0.2) is 0 Å². The van der Waals surface area contributed by atoms with Crippen LogP contribution in [0.25, 0.3) is 0 Å². The lowest BCUT2D eigenvalue weighted by Crippen LogP contribution is -2.39. The van der Waals surface area contributed by atoms with E-state index in [1.807, 2.05) is 12.1 Å². The van der Waals surface area contributed by atoms with Crippen LogP contribution in [0.2, 0.25) is 0 Å². The zero-order valence-corrected chi connectivity index (χ0v) is 10.7. The second-order valence-electron chi connectivity index (χ2n) is 4.56. The molecule has 0 unspecified atom stereocenters. The second kappa shape index (κ2) is 7.18. The number of carbonyl (C=O) groups is 1. The lowest BCUT2D eigenvalue weighted by Gasteiger charge is -2.18. The number of hydrogen-bond donors (Lipinski definition) is 2. The predicted molar refractivity (Wildman–Crippen MR) is 69.3 cm³/mol. The average molecular weight is 251 g/mol. The first kappa shape index (κ1) is 13.1. The first-order chi connectivity index (χ1) is 8.84. The summed E-state index contributed by atoms with van der Waals surface area (Å²) in [5, 5.41) is 6.25. The van der Waals surface area contributed by atoms with E-state index in [9.17, 15) is 4.79 Å². The topological polar surface area (TPSA) is 57.5 Å². The molecule has 0 bridgehead atoms. The maximum atomic E-state index is 11.7. The molecule has 0 spiro atoms. The fourth-order valence-corrected chi connectivity index (χ4v) is 2.10. The maximum absolute atomic E-state index is 11.7. The Labute approximate surface area is 108 Å². The van der Waals surface area contributed by atoms with Gasteiger partial charge in [0, 0.05) is 26.1 Å².